The topological polar surface area (TPSA) is 140 Å². The van der Waals surface area contributed by atoms with Crippen LogP contribution in [0.5, 0.6) is 0 Å². The number of carboxylic acid groups (broad SMARTS) is 1. The zero-order chi connectivity index (χ0) is 33.8. The molecule has 250 valence electrons. The highest BCUT2D eigenvalue weighted by Crippen LogP contribution is 2.27. The molecule has 2 aromatic heterocycles. The Kier molecular flexibility index (Phi) is 12.3. The van der Waals surface area contributed by atoms with Crippen LogP contribution >= 0.6 is 0 Å². The summed E-state index contributed by atoms with van der Waals surface area (Å²) in [5.41, 5.74) is 1.99. The number of fused-ring (bicyclic) bond motifs is 1. The van der Waals surface area contributed by atoms with Gasteiger partial charge in [-0.25, -0.2) is 14.8 Å². The van der Waals surface area contributed by atoms with Gasteiger partial charge in [-0.1, -0.05) is 55.3 Å². The third-order valence-corrected chi connectivity index (χ3v) is 7.99. The quantitative estimate of drug-likeness (QED) is 0.145. The lowest BCUT2D eigenvalue weighted by molar-refractivity contribution is -0.192. The fraction of sp³-hybridized carbons (Fsp3) is 0.382. The van der Waals surface area contributed by atoms with Crippen molar-refractivity contribution in [1.82, 2.24) is 25.6 Å². The molecule has 2 atom stereocenters. The maximum Gasteiger partial charge on any atom is 0.490 e. The third kappa shape index (κ3) is 10.3. The van der Waals surface area contributed by atoms with Crippen LogP contribution in [0.4, 0.5) is 19.0 Å². The minimum atomic E-state index is -5.08. The summed E-state index contributed by atoms with van der Waals surface area (Å²) in [4.78, 5) is 48.9. The normalized spacial score (nSPS) is 15.3. The number of aliphatic carboxylic acids is 1. The molecule has 0 spiro atoms. The zero-order valence-electron chi connectivity index (χ0n) is 26.1. The number of amides is 2. The first kappa shape index (κ1) is 34.9. The van der Waals surface area contributed by atoms with Crippen LogP contribution in [0.3, 0.4) is 0 Å². The van der Waals surface area contributed by atoms with Crippen molar-refractivity contribution < 1.29 is 32.7 Å². The Morgan fingerprint density at radius 1 is 1.02 bits per heavy atom. The molecule has 1 unspecified atom stereocenters. The molecule has 13 heteroatoms. The van der Waals surface area contributed by atoms with Crippen LogP contribution in [0, 0.1) is 5.92 Å². The highest BCUT2D eigenvalue weighted by molar-refractivity contribution is 5.86. The molecule has 1 fully saturated rings. The number of carbonyl (C=O) groups is 3. The number of aromatic nitrogens is 3. The monoisotopic (exact) mass is 652 g/mol. The second-order valence-electron chi connectivity index (χ2n) is 11.4. The number of benzene rings is 2. The molecule has 1 aliphatic rings. The van der Waals surface area contributed by atoms with Crippen LogP contribution in [0.2, 0.25) is 0 Å². The Morgan fingerprint density at radius 2 is 1.77 bits per heavy atom. The van der Waals surface area contributed by atoms with Crippen LogP contribution in [0.25, 0.3) is 22.0 Å². The van der Waals surface area contributed by atoms with Crippen molar-refractivity contribution in [2.24, 2.45) is 5.92 Å². The number of nitrogens with one attached hydrogen (secondary N) is 3. The number of hydrogen-bond acceptors (Lipinski definition) is 6. The van der Waals surface area contributed by atoms with Gasteiger partial charge in [0.05, 0.1) is 23.9 Å². The van der Waals surface area contributed by atoms with Gasteiger partial charge in [0.25, 0.3) is 0 Å². The van der Waals surface area contributed by atoms with E-state index in [9.17, 15) is 22.8 Å². The van der Waals surface area contributed by atoms with Crippen LogP contribution in [0.1, 0.15) is 56.8 Å². The average molecular weight is 653 g/mol. The molecular formula is C34H39F3N6O4. The van der Waals surface area contributed by atoms with Crippen molar-refractivity contribution in [2.45, 2.75) is 57.2 Å². The standard InChI is InChI=1S/C32H38N6O2.C2HF3O2/c1-33-30(39)15-4-2-3-13-27(37-32(40)26-12-9-19-38(22-26)29-14-7-8-18-34-29)31-35-21-28(36-31)25-17-16-23-10-5-6-11-24(23)20-25;3-2(4,5)1(6)7/h5-8,10-11,14,16-18,20-21,26-27H,2-4,9,12-13,15,19,22H2,1H3,(H,33,39)(H,35,36)(H,37,40);(H,6,7)/t26?,27-;/m0./s1. The summed E-state index contributed by atoms with van der Waals surface area (Å²) in [6, 6.07) is 20.3. The van der Waals surface area contributed by atoms with Crippen molar-refractivity contribution in [3.8, 4) is 11.3 Å². The fourth-order valence-corrected chi connectivity index (χ4v) is 5.46. The van der Waals surface area contributed by atoms with E-state index in [4.69, 9.17) is 14.9 Å². The Morgan fingerprint density at radius 3 is 2.47 bits per heavy atom. The SMILES string of the molecule is CNC(=O)CCCCC[C@H](NC(=O)C1CCCN(c2ccccn2)C1)c1ncc(-c2ccc3ccccc3c2)[nH]1.O=C(O)C(F)(F)F. The fourth-order valence-electron chi connectivity index (χ4n) is 5.46. The number of aromatic amines is 1. The molecule has 5 rings (SSSR count). The van der Waals surface area contributed by atoms with Gasteiger partial charge in [-0.2, -0.15) is 13.2 Å². The summed E-state index contributed by atoms with van der Waals surface area (Å²) in [7, 11) is 1.66. The number of H-pyrrole nitrogens is 1. The molecule has 4 aromatic rings. The van der Waals surface area contributed by atoms with Crippen molar-refractivity contribution in [2.75, 3.05) is 25.0 Å². The van der Waals surface area contributed by atoms with Crippen molar-refractivity contribution in [3.05, 3.63) is 78.9 Å². The maximum atomic E-state index is 13.5. The molecule has 47 heavy (non-hydrogen) atoms. The average Bonchev–Trinajstić information content (AvgIpc) is 3.58. The van der Waals surface area contributed by atoms with E-state index >= 15 is 0 Å². The number of anilines is 1. The minimum Gasteiger partial charge on any atom is -0.475 e. The number of carboxylic acids is 1. The molecule has 2 aromatic carbocycles. The van der Waals surface area contributed by atoms with E-state index < -0.39 is 12.1 Å². The summed E-state index contributed by atoms with van der Waals surface area (Å²) in [6.07, 6.45) is 4.26. The lowest BCUT2D eigenvalue weighted by Crippen LogP contribution is -2.44. The predicted octanol–water partition coefficient (Wildman–Crippen LogP) is 6.03. The molecule has 2 amide bonds. The number of pyridine rings is 1. The third-order valence-electron chi connectivity index (χ3n) is 7.99. The lowest BCUT2D eigenvalue weighted by atomic mass is 9.96. The van der Waals surface area contributed by atoms with Crippen molar-refractivity contribution >= 4 is 34.4 Å². The number of hydrogen-bond donors (Lipinski definition) is 4. The van der Waals surface area contributed by atoms with Crippen LogP contribution in [-0.4, -0.2) is 64.2 Å². The number of carbonyl (C=O) groups excluding carboxylic acids is 2. The molecule has 3 heterocycles. The van der Waals surface area contributed by atoms with Gasteiger partial charge in [0, 0.05) is 38.3 Å². The van der Waals surface area contributed by atoms with E-state index in [1.165, 1.54) is 10.8 Å². The van der Waals surface area contributed by atoms with Gasteiger partial charge < -0.3 is 25.6 Å². The Labute approximate surface area is 270 Å². The second kappa shape index (κ2) is 16.6. The van der Waals surface area contributed by atoms with E-state index in [0.29, 0.717) is 13.0 Å². The van der Waals surface area contributed by atoms with Gasteiger partial charge in [-0.3, -0.25) is 9.59 Å². The van der Waals surface area contributed by atoms with Gasteiger partial charge in [0.1, 0.15) is 11.6 Å². The van der Waals surface area contributed by atoms with E-state index in [1.54, 1.807) is 13.2 Å². The molecular weight excluding hydrogens is 613 g/mol. The molecule has 0 bridgehead atoms. The molecule has 0 saturated carbocycles. The van der Waals surface area contributed by atoms with E-state index in [2.05, 4.69) is 55.8 Å². The number of rotatable bonds is 11. The number of piperidine rings is 1. The maximum absolute atomic E-state index is 13.5. The zero-order valence-corrected chi connectivity index (χ0v) is 26.1. The van der Waals surface area contributed by atoms with Crippen LogP contribution in [-0.2, 0) is 14.4 Å². The van der Waals surface area contributed by atoms with Gasteiger partial charge in [0.15, 0.2) is 0 Å². The number of unbranched alkanes of at least 4 members (excludes halogenated alkanes) is 2. The van der Waals surface area contributed by atoms with Gasteiger partial charge in [0.2, 0.25) is 11.8 Å². The Hall–Kier alpha value is -4.94. The first-order valence-corrected chi connectivity index (χ1v) is 15.6. The van der Waals surface area contributed by atoms with Gasteiger partial charge >= 0.3 is 12.1 Å². The Balaban J connectivity index is 0.000000644. The number of imidazole rings is 1. The largest absolute Gasteiger partial charge is 0.490 e. The van der Waals surface area contributed by atoms with Crippen molar-refractivity contribution in [1.29, 1.82) is 0 Å². The highest BCUT2D eigenvalue weighted by atomic mass is 19.4. The van der Waals surface area contributed by atoms with E-state index in [0.717, 1.165) is 68.0 Å². The number of nitrogens with zero attached hydrogens (tertiary/aromatic N) is 3. The summed E-state index contributed by atoms with van der Waals surface area (Å²) < 4.78 is 31.7. The van der Waals surface area contributed by atoms with Crippen molar-refractivity contribution in [3.63, 3.8) is 0 Å². The minimum absolute atomic E-state index is 0.0552. The second-order valence-corrected chi connectivity index (χ2v) is 11.4. The van der Waals surface area contributed by atoms with Crippen LogP contribution < -0.4 is 15.5 Å². The summed E-state index contributed by atoms with van der Waals surface area (Å²) in [6.45, 7) is 1.56. The molecule has 1 saturated heterocycles. The van der Waals surface area contributed by atoms with E-state index in [-0.39, 0.29) is 23.8 Å². The lowest BCUT2D eigenvalue weighted by Gasteiger charge is -2.33. The smallest absolute Gasteiger partial charge is 0.475 e. The predicted molar refractivity (Wildman–Crippen MR) is 172 cm³/mol. The summed E-state index contributed by atoms with van der Waals surface area (Å²) in [5, 5.41) is 15.5. The number of alkyl halides is 3. The van der Waals surface area contributed by atoms with Gasteiger partial charge in [-0.15, -0.1) is 0 Å². The van der Waals surface area contributed by atoms with Gasteiger partial charge in [-0.05, 0) is 54.7 Å². The number of halogens is 3. The Bertz CT molecular complexity index is 1630. The highest BCUT2D eigenvalue weighted by Gasteiger charge is 2.38. The molecule has 1 aliphatic heterocycles. The first-order chi connectivity index (χ1) is 22.5. The molecule has 4 N–H and O–H groups in total. The summed E-state index contributed by atoms with van der Waals surface area (Å²) >= 11 is 0. The summed E-state index contributed by atoms with van der Waals surface area (Å²) in [5.74, 6) is -1.07. The van der Waals surface area contributed by atoms with Crippen LogP contribution in [0.15, 0.2) is 73.1 Å². The first-order valence-electron chi connectivity index (χ1n) is 15.6. The van der Waals surface area contributed by atoms with E-state index in [1.807, 2.05) is 36.5 Å². The molecule has 0 aliphatic carbocycles. The molecule has 10 nitrogen and oxygen atoms in total. The molecule has 0 radical (unpaired) electrons.